The van der Waals surface area contributed by atoms with E-state index in [0.717, 1.165) is 29.2 Å². The second kappa shape index (κ2) is 5.29. The number of hydrogen-bond donors (Lipinski definition) is 1. The molecule has 0 saturated heterocycles. The summed E-state index contributed by atoms with van der Waals surface area (Å²) < 4.78 is 5.83. The second-order valence-electron chi connectivity index (χ2n) is 5.85. The van der Waals surface area contributed by atoms with Crippen molar-refractivity contribution >= 4 is 23.3 Å². The summed E-state index contributed by atoms with van der Waals surface area (Å²) in [6.45, 7) is 0. The third-order valence-electron chi connectivity index (χ3n) is 4.50. The molecule has 0 radical (unpaired) electrons. The first-order valence-electron chi connectivity index (χ1n) is 7.54. The molecule has 4 rings (SSSR count). The molecule has 0 spiro atoms. The Hall–Kier alpha value is -2.06. The number of rotatable bonds is 1. The van der Waals surface area contributed by atoms with Gasteiger partial charge in [0.15, 0.2) is 5.90 Å². The molecule has 1 unspecified atom stereocenters. The van der Waals surface area contributed by atoms with Gasteiger partial charge in [-0.2, -0.15) is 0 Å². The van der Waals surface area contributed by atoms with Crippen molar-refractivity contribution in [2.75, 3.05) is 0 Å². The van der Waals surface area contributed by atoms with Gasteiger partial charge in [-0.25, -0.2) is 0 Å². The van der Waals surface area contributed by atoms with Gasteiger partial charge in [0.1, 0.15) is 5.76 Å². The number of nitrogens with one attached hydrogen (secondary N) is 1. The highest BCUT2D eigenvalue weighted by molar-refractivity contribution is 6.30. The highest BCUT2D eigenvalue weighted by atomic mass is 35.5. The molecular formula is C19H16ClNO. The average molecular weight is 310 g/mol. The minimum absolute atomic E-state index is 0.198. The smallest absolute Gasteiger partial charge is 0.188 e. The van der Waals surface area contributed by atoms with Gasteiger partial charge in [0, 0.05) is 22.9 Å². The first-order chi connectivity index (χ1) is 10.7. The largest absolute Gasteiger partial charge is 0.443 e. The number of hydrogen-bond acceptors (Lipinski definition) is 2. The van der Waals surface area contributed by atoms with Gasteiger partial charge >= 0.3 is 0 Å². The summed E-state index contributed by atoms with van der Waals surface area (Å²) in [5.74, 6) is 1.42. The van der Waals surface area contributed by atoms with Crippen LogP contribution in [0.4, 0.5) is 0 Å². The zero-order valence-electron chi connectivity index (χ0n) is 12.1. The van der Waals surface area contributed by atoms with Gasteiger partial charge in [-0.15, -0.1) is 0 Å². The number of benzene rings is 2. The molecule has 2 aromatic rings. The van der Waals surface area contributed by atoms with Crippen molar-refractivity contribution < 1.29 is 4.74 Å². The van der Waals surface area contributed by atoms with Crippen molar-refractivity contribution in [1.82, 2.24) is 0 Å². The van der Waals surface area contributed by atoms with Crippen molar-refractivity contribution in [2.45, 2.75) is 25.2 Å². The predicted molar refractivity (Wildman–Crippen MR) is 89.3 cm³/mol. The topological polar surface area (TPSA) is 33.1 Å². The van der Waals surface area contributed by atoms with Crippen molar-refractivity contribution in [3.8, 4) is 0 Å². The van der Waals surface area contributed by atoms with Crippen LogP contribution in [0, 0.1) is 5.41 Å². The first kappa shape index (κ1) is 13.6. The van der Waals surface area contributed by atoms with Crippen molar-refractivity contribution in [3.63, 3.8) is 0 Å². The molecule has 3 heteroatoms. The molecule has 2 aromatic carbocycles. The van der Waals surface area contributed by atoms with Crippen LogP contribution in [0.25, 0.3) is 5.76 Å². The molecule has 1 N–H and O–H groups in total. The van der Waals surface area contributed by atoms with Crippen molar-refractivity contribution in [2.24, 2.45) is 0 Å². The molecule has 2 nitrogen and oxygen atoms in total. The van der Waals surface area contributed by atoms with Crippen LogP contribution < -0.4 is 0 Å². The minimum Gasteiger partial charge on any atom is -0.443 e. The number of allylic oxidation sites excluding steroid dienone is 1. The standard InChI is InChI=1S/C19H16ClNO/c20-14-6-3-5-13(10-14)17-11-18(21)22-19-15-7-2-1-4-12(15)8-9-16(17)19/h1-7,10,17,21H,8-9,11H2. The van der Waals surface area contributed by atoms with Crippen molar-refractivity contribution in [1.29, 1.82) is 5.41 Å². The molecule has 0 fully saturated rings. The predicted octanol–water partition coefficient (Wildman–Crippen LogP) is 5.18. The van der Waals surface area contributed by atoms with E-state index in [4.69, 9.17) is 21.7 Å². The van der Waals surface area contributed by atoms with Gasteiger partial charge < -0.3 is 4.74 Å². The van der Waals surface area contributed by atoms with Gasteiger partial charge in [0.25, 0.3) is 0 Å². The zero-order chi connectivity index (χ0) is 15.1. The van der Waals surface area contributed by atoms with E-state index in [1.54, 1.807) is 0 Å². The quantitative estimate of drug-likeness (QED) is 0.773. The summed E-state index contributed by atoms with van der Waals surface area (Å²) in [7, 11) is 0. The average Bonchev–Trinajstić information content (AvgIpc) is 2.54. The van der Waals surface area contributed by atoms with Crippen LogP contribution in [0.5, 0.6) is 0 Å². The van der Waals surface area contributed by atoms with Crippen LogP contribution in [0.3, 0.4) is 0 Å². The lowest BCUT2D eigenvalue weighted by atomic mass is 9.78. The van der Waals surface area contributed by atoms with E-state index in [1.807, 2.05) is 24.3 Å². The molecule has 0 amide bonds. The lowest BCUT2D eigenvalue weighted by molar-refractivity contribution is 0.438. The monoisotopic (exact) mass is 309 g/mol. The van der Waals surface area contributed by atoms with E-state index < -0.39 is 0 Å². The van der Waals surface area contributed by atoms with E-state index in [9.17, 15) is 0 Å². The SMILES string of the molecule is N=C1CC(c2cccc(Cl)c2)C2=C(O1)c1ccccc1CC2. The van der Waals surface area contributed by atoms with Crippen LogP contribution in [-0.2, 0) is 11.2 Å². The Morgan fingerprint density at radius 3 is 2.77 bits per heavy atom. The van der Waals surface area contributed by atoms with Gasteiger partial charge in [0.2, 0.25) is 0 Å². The van der Waals surface area contributed by atoms with Crippen LogP contribution in [0.2, 0.25) is 5.02 Å². The molecule has 1 aliphatic heterocycles. The fourth-order valence-corrected chi connectivity index (χ4v) is 3.68. The lowest BCUT2D eigenvalue weighted by Crippen LogP contribution is -2.23. The maximum absolute atomic E-state index is 8.10. The summed E-state index contributed by atoms with van der Waals surface area (Å²) in [5.41, 5.74) is 4.92. The third-order valence-corrected chi connectivity index (χ3v) is 4.74. The Morgan fingerprint density at radius 2 is 1.91 bits per heavy atom. The normalized spacial score (nSPS) is 20.2. The molecule has 2 aliphatic rings. The summed E-state index contributed by atoms with van der Waals surface area (Å²) in [6, 6.07) is 16.3. The Kier molecular flexibility index (Phi) is 3.27. The first-order valence-corrected chi connectivity index (χ1v) is 7.92. The second-order valence-corrected chi connectivity index (χ2v) is 6.28. The number of halogens is 1. The zero-order valence-corrected chi connectivity index (χ0v) is 12.9. The van der Waals surface area contributed by atoms with E-state index >= 15 is 0 Å². The highest BCUT2D eigenvalue weighted by Crippen LogP contribution is 2.44. The summed E-state index contributed by atoms with van der Waals surface area (Å²) in [4.78, 5) is 0. The Morgan fingerprint density at radius 1 is 1.05 bits per heavy atom. The highest BCUT2D eigenvalue weighted by Gasteiger charge is 2.32. The molecule has 1 heterocycles. The maximum atomic E-state index is 8.10. The summed E-state index contributed by atoms with van der Waals surface area (Å²) >= 11 is 6.16. The molecule has 22 heavy (non-hydrogen) atoms. The maximum Gasteiger partial charge on any atom is 0.188 e. The van der Waals surface area contributed by atoms with Crippen LogP contribution in [-0.4, -0.2) is 5.90 Å². The van der Waals surface area contributed by atoms with Crippen LogP contribution in [0.15, 0.2) is 54.1 Å². The Bertz CT molecular complexity index is 794. The van der Waals surface area contributed by atoms with Gasteiger partial charge in [-0.3, -0.25) is 5.41 Å². The number of aryl methyl sites for hydroxylation is 1. The number of ether oxygens (including phenoxy) is 1. The van der Waals surface area contributed by atoms with Crippen LogP contribution >= 0.6 is 11.6 Å². The molecule has 0 saturated carbocycles. The molecule has 0 aromatic heterocycles. The van der Waals surface area contributed by atoms with Crippen molar-refractivity contribution in [3.05, 3.63) is 75.8 Å². The Labute approximate surface area is 134 Å². The fourth-order valence-electron chi connectivity index (χ4n) is 3.48. The van der Waals surface area contributed by atoms with E-state index in [2.05, 4.69) is 24.3 Å². The summed E-state index contributed by atoms with van der Waals surface area (Å²) in [5, 5.41) is 8.84. The van der Waals surface area contributed by atoms with Gasteiger partial charge in [0.05, 0.1) is 0 Å². The molecule has 1 atom stereocenters. The lowest BCUT2D eigenvalue weighted by Gasteiger charge is -2.33. The number of fused-ring (bicyclic) bond motifs is 2. The van der Waals surface area contributed by atoms with E-state index in [-0.39, 0.29) is 5.92 Å². The third kappa shape index (κ3) is 2.24. The van der Waals surface area contributed by atoms with Gasteiger partial charge in [-0.1, -0.05) is 48.0 Å². The molecular weight excluding hydrogens is 294 g/mol. The van der Waals surface area contributed by atoms with E-state index in [1.165, 1.54) is 16.7 Å². The van der Waals surface area contributed by atoms with Gasteiger partial charge in [-0.05, 0) is 41.7 Å². The molecule has 1 aliphatic carbocycles. The van der Waals surface area contributed by atoms with Crippen LogP contribution in [0.1, 0.15) is 35.4 Å². The summed E-state index contributed by atoms with van der Waals surface area (Å²) in [6.07, 6.45) is 2.63. The fraction of sp³-hybridized carbons (Fsp3) is 0.211. The molecule has 0 bridgehead atoms. The molecule has 110 valence electrons. The Balaban J connectivity index is 1.86. The van der Waals surface area contributed by atoms with E-state index in [0.29, 0.717) is 12.3 Å². The minimum atomic E-state index is 0.198.